The molecule has 1 heterocycles. The van der Waals surface area contributed by atoms with Gasteiger partial charge in [-0.05, 0) is 27.6 Å². The molecule has 2 aromatic rings. The minimum atomic E-state index is 0.677. The molecule has 2 N–H and O–H groups in total. The van der Waals surface area contributed by atoms with Crippen LogP contribution in [0.25, 0.3) is 0 Å². The molecule has 5 heteroatoms. The number of pyridine rings is 1. The van der Waals surface area contributed by atoms with E-state index in [1.54, 1.807) is 24.2 Å². The van der Waals surface area contributed by atoms with Crippen molar-refractivity contribution in [1.29, 1.82) is 0 Å². The lowest BCUT2D eigenvalue weighted by atomic mass is 10.2. The van der Waals surface area contributed by atoms with Crippen molar-refractivity contribution in [3.63, 3.8) is 0 Å². The van der Waals surface area contributed by atoms with Crippen molar-refractivity contribution < 1.29 is 0 Å². The molecular formula is C12H10BrClN2S. The van der Waals surface area contributed by atoms with Crippen molar-refractivity contribution in [1.82, 2.24) is 4.98 Å². The van der Waals surface area contributed by atoms with Crippen molar-refractivity contribution in [2.75, 3.05) is 5.73 Å². The quantitative estimate of drug-likeness (QED) is 0.850. The second kappa shape index (κ2) is 5.76. The van der Waals surface area contributed by atoms with Crippen LogP contribution in [0.5, 0.6) is 0 Å². The lowest BCUT2D eigenvalue weighted by Gasteiger charge is -2.08. The van der Waals surface area contributed by atoms with Gasteiger partial charge in [0.25, 0.3) is 0 Å². The minimum absolute atomic E-state index is 0.677. The maximum atomic E-state index is 6.10. The Bertz CT molecular complexity index is 513. The van der Waals surface area contributed by atoms with E-state index in [1.807, 2.05) is 24.3 Å². The zero-order valence-corrected chi connectivity index (χ0v) is 12.0. The summed E-state index contributed by atoms with van der Waals surface area (Å²) in [4.78, 5) is 5.01. The predicted molar refractivity (Wildman–Crippen MR) is 77.4 cm³/mol. The van der Waals surface area contributed by atoms with E-state index in [2.05, 4.69) is 20.9 Å². The monoisotopic (exact) mass is 328 g/mol. The van der Waals surface area contributed by atoms with Gasteiger partial charge in [-0.15, -0.1) is 11.8 Å². The number of nitrogens with two attached hydrogens (primary N) is 1. The number of hydrogen-bond acceptors (Lipinski definition) is 3. The summed E-state index contributed by atoms with van der Waals surface area (Å²) in [5, 5.41) is 0.781. The molecule has 0 amide bonds. The third-order valence-electron chi connectivity index (χ3n) is 2.21. The zero-order chi connectivity index (χ0) is 12.3. The maximum Gasteiger partial charge on any atom is 0.0650 e. The van der Waals surface area contributed by atoms with E-state index in [0.29, 0.717) is 5.69 Å². The molecule has 0 saturated carbocycles. The van der Waals surface area contributed by atoms with E-state index in [0.717, 1.165) is 25.7 Å². The van der Waals surface area contributed by atoms with E-state index in [4.69, 9.17) is 17.3 Å². The van der Waals surface area contributed by atoms with Gasteiger partial charge in [0.1, 0.15) is 0 Å². The topological polar surface area (TPSA) is 38.9 Å². The van der Waals surface area contributed by atoms with Gasteiger partial charge in [0.05, 0.1) is 16.4 Å². The second-order valence-corrected chi connectivity index (χ2v) is 5.67. The summed E-state index contributed by atoms with van der Waals surface area (Å²) in [7, 11) is 0. The summed E-state index contributed by atoms with van der Waals surface area (Å²) in [5.41, 5.74) is 7.65. The largest absolute Gasteiger partial charge is 0.397 e. The molecule has 1 aromatic carbocycles. The molecule has 88 valence electrons. The summed E-state index contributed by atoms with van der Waals surface area (Å²) in [5.74, 6) is 0.784. The first-order valence-corrected chi connectivity index (χ1v) is 7.09. The number of nitrogens with zero attached hydrogens (tertiary/aromatic N) is 1. The molecular weight excluding hydrogens is 320 g/mol. The van der Waals surface area contributed by atoms with Crippen molar-refractivity contribution >= 4 is 45.0 Å². The number of benzene rings is 1. The Hall–Kier alpha value is -0.710. The average molecular weight is 330 g/mol. The van der Waals surface area contributed by atoms with Crippen LogP contribution in [0.4, 0.5) is 5.69 Å². The number of aromatic nitrogens is 1. The van der Waals surface area contributed by atoms with Gasteiger partial charge in [0.15, 0.2) is 0 Å². The molecule has 0 bridgehead atoms. The number of halogens is 2. The summed E-state index contributed by atoms with van der Waals surface area (Å²) in [6.07, 6.45) is 3.39. The first-order valence-electron chi connectivity index (χ1n) is 4.93. The smallest absolute Gasteiger partial charge is 0.0650 e. The molecule has 0 aliphatic rings. The van der Waals surface area contributed by atoms with Gasteiger partial charge in [-0.3, -0.25) is 4.98 Å². The van der Waals surface area contributed by atoms with Crippen LogP contribution < -0.4 is 5.73 Å². The van der Waals surface area contributed by atoms with Crippen molar-refractivity contribution in [2.45, 2.75) is 10.6 Å². The SMILES string of the molecule is Nc1cncc(Br)c1SCc1ccccc1Cl. The van der Waals surface area contributed by atoms with Crippen molar-refractivity contribution in [2.24, 2.45) is 0 Å². The van der Waals surface area contributed by atoms with Crippen LogP contribution in [0.2, 0.25) is 5.02 Å². The van der Waals surface area contributed by atoms with E-state index < -0.39 is 0 Å². The number of nitrogen functional groups attached to an aromatic ring is 1. The molecule has 0 fully saturated rings. The van der Waals surface area contributed by atoms with Crippen LogP contribution in [0.15, 0.2) is 46.0 Å². The molecule has 0 unspecified atom stereocenters. The summed E-state index contributed by atoms with van der Waals surface area (Å²) >= 11 is 11.2. The zero-order valence-electron chi connectivity index (χ0n) is 8.86. The van der Waals surface area contributed by atoms with E-state index in [-0.39, 0.29) is 0 Å². The molecule has 0 atom stereocenters. The minimum Gasteiger partial charge on any atom is -0.397 e. The third-order valence-corrected chi connectivity index (χ3v) is 4.64. The normalized spacial score (nSPS) is 10.5. The number of anilines is 1. The van der Waals surface area contributed by atoms with E-state index in [1.165, 1.54) is 0 Å². The third kappa shape index (κ3) is 3.15. The highest BCUT2D eigenvalue weighted by Crippen LogP contribution is 2.35. The Morgan fingerprint density at radius 2 is 2.06 bits per heavy atom. The highest BCUT2D eigenvalue weighted by atomic mass is 79.9. The fourth-order valence-electron chi connectivity index (χ4n) is 1.36. The van der Waals surface area contributed by atoms with Gasteiger partial charge in [-0.2, -0.15) is 0 Å². The molecule has 0 aliphatic heterocycles. The number of rotatable bonds is 3. The second-order valence-electron chi connectivity index (χ2n) is 3.42. The fourth-order valence-corrected chi connectivity index (χ4v) is 3.29. The molecule has 17 heavy (non-hydrogen) atoms. The van der Waals surface area contributed by atoms with E-state index >= 15 is 0 Å². The van der Waals surface area contributed by atoms with Crippen molar-refractivity contribution in [3.05, 3.63) is 51.7 Å². The molecule has 0 aliphatic carbocycles. The van der Waals surface area contributed by atoms with Gasteiger partial charge in [0, 0.05) is 21.9 Å². The summed E-state index contributed by atoms with van der Waals surface area (Å²) < 4.78 is 0.912. The molecule has 1 aromatic heterocycles. The lowest BCUT2D eigenvalue weighted by Crippen LogP contribution is -1.92. The Balaban J connectivity index is 2.16. The molecule has 0 saturated heterocycles. The van der Waals surface area contributed by atoms with Gasteiger partial charge in [-0.25, -0.2) is 0 Å². The molecule has 2 nitrogen and oxygen atoms in total. The number of hydrogen-bond donors (Lipinski definition) is 1. The highest BCUT2D eigenvalue weighted by Gasteiger charge is 2.07. The summed E-state index contributed by atoms with van der Waals surface area (Å²) in [6.45, 7) is 0. The number of thioether (sulfide) groups is 1. The Kier molecular flexibility index (Phi) is 4.31. The molecule has 2 rings (SSSR count). The Morgan fingerprint density at radius 3 is 2.76 bits per heavy atom. The summed E-state index contributed by atoms with van der Waals surface area (Å²) in [6, 6.07) is 7.81. The lowest BCUT2D eigenvalue weighted by molar-refractivity contribution is 1.23. The van der Waals surface area contributed by atoms with Gasteiger partial charge in [-0.1, -0.05) is 29.8 Å². The molecule has 0 spiro atoms. The van der Waals surface area contributed by atoms with Gasteiger partial charge >= 0.3 is 0 Å². The Morgan fingerprint density at radius 1 is 1.29 bits per heavy atom. The van der Waals surface area contributed by atoms with Crippen LogP contribution in [0, 0.1) is 0 Å². The first-order chi connectivity index (χ1) is 8.18. The maximum absolute atomic E-state index is 6.10. The van der Waals surface area contributed by atoms with Crippen LogP contribution in [-0.4, -0.2) is 4.98 Å². The first kappa shape index (κ1) is 12.7. The van der Waals surface area contributed by atoms with Crippen LogP contribution in [0.3, 0.4) is 0 Å². The van der Waals surface area contributed by atoms with Crippen LogP contribution in [-0.2, 0) is 5.75 Å². The van der Waals surface area contributed by atoms with Crippen LogP contribution >= 0.6 is 39.3 Å². The Labute approximate surface area is 118 Å². The molecule has 0 radical (unpaired) electrons. The van der Waals surface area contributed by atoms with Crippen molar-refractivity contribution in [3.8, 4) is 0 Å². The fraction of sp³-hybridized carbons (Fsp3) is 0.0833. The van der Waals surface area contributed by atoms with Gasteiger partial charge in [0.2, 0.25) is 0 Å². The average Bonchev–Trinajstić information content (AvgIpc) is 2.30. The standard InChI is InChI=1S/C12H10BrClN2S/c13-9-5-16-6-11(15)12(9)17-7-8-3-1-2-4-10(8)14/h1-6H,7,15H2. The highest BCUT2D eigenvalue weighted by molar-refractivity contribution is 9.10. The van der Waals surface area contributed by atoms with Crippen LogP contribution in [0.1, 0.15) is 5.56 Å². The van der Waals surface area contributed by atoms with Gasteiger partial charge < -0.3 is 5.73 Å². The van der Waals surface area contributed by atoms with E-state index in [9.17, 15) is 0 Å². The predicted octanol–water partition coefficient (Wildman–Crippen LogP) is 4.37.